The molecule has 4 rings (SSSR count). The fraction of sp³-hybridized carbons (Fsp3) is 0.526. The molecule has 6 heteroatoms. The van der Waals surface area contributed by atoms with Crippen LogP contribution in [0.3, 0.4) is 0 Å². The van der Waals surface area contributed by atoms with Crippen LogP contribution in [0.5, 0.6) is 0 Å². The Hall–Kier alpha value is -2.21. The molecule has 1 aromatic heterocycles. The summed E-state index contributed by atoms with van der Waals surface area (Å²) >= 11 is 0. The van der Waals surface area contributed by atoms with Gasteiger partial charge in [0.1, 0.15) is 12.2 Å². The van der Waals surface area contributed by atoms with Gasteiger partial charge in [-0.05, 0) is 31.9 Å². The number of methoxy groups -OCH3 is 1. The summed E-state index contributed by atoms with van der Waals surface area (Å²) < 4.78 is 7.18. The summed E-state index contributed by atoms with van der Waals surface area (Å²) in [7, 11) is 1.76. The van der Waals surface area contributed by atoms with E-state index in [1.54, 1.807) is 18.6 Å². The molecule has 2 aliphatic rings. The van der Waals surface area contributed by atoms with Gasteiger partial charge in [-0.25, -0.2) is 4.98 Å². The van der Waals surface area contributed by atoms with Crippen molar-refractivity contribution in [3.63, 3.8) is 0 Å². The molecule has 2 bridgehead atoms. The number of carbonyl (C=O) groups excluding carboxylic acids is 1. The molecule has 1 aromatic carbocycles. The monoisotopic (exact) mass is 341 g/mol. The summed E-state index contributed by atoms with van der Waals surface area (Å²) in [5.74, 6) is 0.838. The quantitative estimate of drug-likeness (QED) is 0.850. The van der Waals surface area contributed by atoms with Crippen molar-refractivity contribution in [1.82, 2.24) is 14.5 Å². The Morgan fingerprint density at radius 3 is 2.60 bits per heavy atom. The summed E-state index contributed by atoms with van der Waals surface area (Å²) in [6.07, 6.45) is 2.50. The van der Waals surface area contributed by atoms with Gasteiger partial charge in [0.15, 0.2) is 0 Å². The van der Waals surface area contributed by atoms with Gasteiger partial charge in [0.05, 0.1) is 17.1 Å². The number of likely N-dealkylation sites (tertiary alicyclic amines) is 1. The van der Waals surface area contributed by atoms with Gasteiger partial charge in [-0.2, -0.15) is 0 Å². The topological polar surface area (TPSA) is 64.4 Å². The lowest BCUT2D eigenvalue weighted by Gasteiger charge is -2.37. The average Bonchev–Trinajstić information content (AvgIpc) is 2.86. The second-order valence-electron chi connectivity index (χ2n) is 7.17. The van der Waals surface area contributed by atoms with Crippen molar-refractivity contribution in [2.45, 2.75) is 32.4 Å². The van der Waals surface area contributed by atoms with Crippen molar-refractivity contribution < 1.29 is 9.53 Å². The number of para-hydroxylation sites is 2. The van der Waals surface area contributed by atoms with Gasteiger partial charge < -0.3 is 9.64 Å². The van der Waals surface area contributed by atoms with E-state index >= 15 is 0 Å². The number of ether oxygens (including phenoxy) is 1. The SMILES string of the molecule is COC1[C@@H]2CC[C@H]1CN(C(=O)Cn1c(=O)c(C)nc3ccccc31)C2. The predicted octanol–water partition coefficient (Wildman–Crippen LogP) is 1.59. The first-order chi connectivity index (χ1) is 12.1. The molecule has 132 valence electrons. The number of aromatic nitrogens is 2. The molecular formula is C19H23N3O3. The van der Waals surface area contributed by atoms with Gasteiger partial charge in [0.25, 0.3) is 5.56 Å². The molecule has 2 heterocycles. The largest absolute Gasteiger partial charge is 0.381 e. The van der Waals surface area contributed by atoms with Crippen LogP contribution in [0.1, 0.15) is 18.5 Å². The highest BCUT2D eigenvalue weighted by Crippen LogP contribution is 2.38. The first-order valence-electron chi connectivity index (χ1n) is 8.85. The van der Waals surface area contributed by atoms with Crippen LogP contribution in [-0.4, -0.2) is 46.7 Å². The van der Waals surface area contributed by atoms with Crippen molar-refractivity contribution >= 4 is 16.9 Å². The molecule has 1 amide bonds. The molecule has 25 heavy (non-hydrogen) atoms. The fourth-order valence-electron chi connectivity index (χ4n) is 4.47. The minimum Gasteiger partial charge on any atom is -0.381 e. The Kier molecular flexibility index (Phi) is 4.07. The van der Waals surface area contributed by atoms with Crippen molar-refractivity contribution in [3.8, 4) is 0 Å². The van der Waals surface area contributed by atoms with E-state index in [-0.39, 0.29) is 24.1 Å². The van der Waals surface area contributed by atoms with E-state index < -0.39 is 0 Å². The maximum atomic E-state index is 12.9. The minimum absolute atomic E-state index is 0.00399. The lowest BCUT2D eigenvalue weighted by Crippen LogP contribution is -2.49. The number of rotatable bonds is 3. The summed E-state index contributed by atoms with van der Waals surface area (Å²) in [6.45, 7) is 3.22. The third-order valence-electron chi connectivity index (χ3n) is 5.68. The number of hydrogen-bond acceptors (Lipinski definition) is 4. The van der Waals surface area contributed by atoms with E-state index in [1.165, 1.54) is 0 Å². The van der Waals surface area contributed by atoms with E-state index in [0.29, 0.717) is 23.0 Å². The molecule has 1 aliphatic carbocycles. The summed E-state index contributed by atoms with van der Waals surface area (Å²) in [6, 6.07) is 7.47. The van der Waals surface area contributed by atoms with Crippen LogP contribution < -0.4 is 5.56 Å². The highest BCUT2D eigenvalue weighted by Gasteiger charge is 2.43. The molecule has 2 aromatic rings. The standard InChI is InChI=1S/C19H23N3O3/c1-12-19(24)22(16-6-4-3-5-15(16)20-12)11-17(23)21-9-13-7-8-14(10-21)18(13)25-2/h3-6,13-14,18H,7-11H2,1-2H3/t13-,14+,18?. The smallest absolute Gasteiger partial charge is 0.272 e. The van der Waals surface area contributed by atoms with Gasteiger partial charge in [-0.15, -0.1) is 0 Å². The zero-order valence-electron chi connectivity index (χ0n) is 14.6. The van der Waals surface area contributed by atoms with E-state index in [1.807, 2.05) is 29.2 Å². The van der Waals surface area contributed by atoms with Crippen LogP contribution >= 0.6 is 0 Å². The van der Waals surface area contributed by atoms with Gasteiger partial charge in [-0.3, -0.25) is 14.2 Å². The second kappa shape index (κ2) is 6.26. The molecule has 3 atom stereocenters. The van der Waals surface area contributed by atoms with Crippen molar-refractivity contribution in [1.29, 1.82) is 0 Å². The number of benzene rings is 1. The maximum Gasteiger partial charge on any atom is 0.272 e. The average molecular weight is 341 g/mol. The van der Waals surface area contributed by atoms with Crippen LogP contribution in [0.2, 0.25) is 0 Å². The van der Waals surface area contributed by atoms with E-state index in [2.05, 4.69) is 4.98 Å². The second-order valence-corrected chi connectivity index (χ2v) is 7.17. The van der Waals surface area contributed by atoms with Crippen LogP contribution in [-0.2, 0) is 16.1 Å². The highest BCUT2D eigenvalue weighted by atomic mass is 16.5. The van der Waals surface area contributed by atoms with E-state index in [4.69, 9.17) is 4.74 Å². The molecule has 0 N–H and O–H groups in total. The lowest BCUT2D eigenvalue weighted by molar-refractivity contribution is -0.137. The number of fused-ring (bicyclic) bond motifs is 3. The van der Waals surface area contributed by atoms with Crippen LogP contribution in [0.4, 0.5) is 0 Å². The normalized spacial score (nSPS) is 25.5. The Bertz CT molecular complexity index is 862. The number of amides is 1. The first-order valence-corrected chi connectivity index (χ1v) is 8.85. The highest BCUT2D eigenvalue weighted by molar-refractivity contribution is 5.80. The number of nitrogens with zero attached hydrogens (tertiary/aromatic N) is 3. The Balaban J connectivity index is 1.61. The third-order valence-corrected chi connectivity index (χ3v) is 5.68. The molecule has 1 unspecified atom stereocenters. The number of carbonyl (C=O) groups is 1. The van der Waals surface area contributed by atoms with E-state index in [0.717, 1.165) is 31.4 Å². The molecule has 1 saturated carbocycles. The van der Waals surface area contributed by atoms with Gasteiger partial charge in [0, 0.05) is 32.0 Å². The van der Waals surface area contributed by atoms with Crippen LogP contribution in [0.25, 0.3) is 11.0 Å². The summed E-state index contributed by atoms with van der Waals surface area (Å²) in [4.78, 5) is 31.7. The molecule has 2 fully saturated rings. The van der Waals surface area contributed by atoms with E-state index in [9.17, 15) is 9.59 Å². The van der Waals surface area contributed by atoms with Crippen molar-refractivity contribution in [2.75, 3.05) is 20.2 Å². The third kappa shape index (κ3) is 2.74. The van der Waals surface area contributed by atoms with Crippen molar-refractivity contribution in [3.05, 3.63) is 40.3 Å². The molecule has 0 radical (unpaired) electrons. The molecule has 0 spiro atoms. The minimum atomic E-state index is -0.193. The van der Waals surface area contributed by atoms with Crippen LogP contribution in [0, 0.1) is 18.8 Å². The maximum absolute atomic E-state index is 12.9. The van der Waals surface area contributed by atoms with Crippen molar-refractivity contribution in [2.24, 2.45) is 11.8 Å². The Morgan fingerprint density at radius 1 is 1.24 bits per heavy atom. The fourth-order valence-corrected chi connectivity index (χ4v) is 4.47. The lowest BCUT2D eigenvalue weighted by atomic mass is 9.95. The number of aryl methyl sites for hydroxylation is 1. The number of hydrogen-bond donors (Lipinski definition) is 0. The Labute approximate surface area is 146 Å². The van der Waals surface area contributed by atoms with Gasteiger partial charge in [0.2, 0.25) is 5.91 Å². The molecule has 1 aliphatic heterocycles. The number of piperidine rings is 1. The zero-order chi connectivity index (χ0) is 17.6. The summed E-state index contributed by atoms with van der Waals surface area (Å²) in [5, 5.41) is 0. The van der Waals surface area contributed by atoms with Gasteiger partial charge in [-0.1, -0.05) is 12.1 Å². The van der Waals surface area contributed by atoms with Gasteiger partial charge >= 0.3 is 0 Å². The molecule has 6 nitrogen and oxygen atoms in total. The Morgan fingerprint density at radius 2 is 1.92 bits per heavy atom. The summed E-state index contributed by atoms with van der Waals surface area (Å²) in [5.41, 5.74) is 1.68. The zero-order valence-corrected chi connectivity index (χ0v) is 14.6. The first kappa shape index (κ1) is 16.3. The molecule has 1 saturated heterocycles. The predicted molar refractivity (Wildman–Crippen MR) is 94.3 cm³/mol. The van der Waals surface area contributed by atoms with Crippen LogP contribution in [0.15, 0.2) is 29.1 Å². The molecular weight excluding hydrogens is 318 g/mol.